The minimum Gasteiger partial charge on any atom is -0.503 e. The molecule has 1 aromatic heterocycles. The third-order valence-electron chi connectivity index (χ3n) is 4.96. The summed E-state index contributed by atoms with van der Waals surface area (Å²) in [6, 6.07) is 10.6. The minimum absolute atomic E-state index is 0.125. The number of Topliss-reactive ketones (excluding diaryl/α,β-unsaturated/α-hetero) is 1. The van der Waals surface area contributed by atoms with Crippen molar-refractivity contribution in [2.24, 2.45) is 5.92 Å². The molecule has 146 valence electrons. The molecule has 3 rings (SSSR count). The Balaban J connectivity index is 2.09. The zero-order valence-corrected chi connectivity index (χ0v) is 16.7. The second kappa shape index (κ2) is 7.97. The fourth-order valence-corrected chi connectivity index (χ4v) is 3.52. The van der Waals surface area contributed by atoms with E-state index in [0.29, 0.717) is 11.6 Å². The summed E-state index contributed by atoms with van der Waals surface area (Å²) < 4.78 is 0. The number of pyridine rings is 1. The van der Waals surface area contributed by atoms with Crippen molar-refractivity contribution in [1.82, 2.24) is 4.98 Å². The summed E-state index contributed by atoms with van der Waals surface area (Å²) in [5, 5.41) is 10.6. The largest absolute Gasteiger partial charge is 0.503 e. The van der Waals surface area contributed by atoms with Crippen molar-refractivity contribution in [1.29, 1.82) is 0 Å². The first-order chi connectivity index (χ1) is 13.3. The fourth-order valence-electron chi connectivity index (χ4n) is 3.52. The molecule has 1 unspecified atom stereocenters. The average Bonchev–Trinajstić information content (AvgIpc) is 2.93. The number of aliphatic hydroxyl groups excluding tert-OH is 1. The standard InChI is InChI=1S/C23H26N2O3/c1-14(2)13-19(26)20-21(17-9-11-24-12-10-17)25(23(28)22(20)27)18-7-5-16(6-8-18)15(3)4/h5-12,14-15,21,27H,13H2,1-4H3. The first kappa shape index (κ1) is 19.8. The van der Waals surface area contributed by atoms with Crippen LogP contribution < -0.4 is 4.90 Å². The van der Waals surface area contributed by atoms with Gasteiger partial charge in [0.15, 0.2) is 11.5 Å². The summed E-state index contributed by atoms with van der Waals surface area (Å²) >= 11 is 0. The first-order valence-corrected chi connectivity index (χ1v) is 9.61. The number of nitrogens with zero attached hydrogens (tertiary/aromatic N) is 2. The van der Waals surface area contributed by atoms with Crippen LogP contribution in [0, 0.1) is 5.92 Å². The summed E-state index contributed by atoms with van der Waals surface area (Å²) in [5.74, 6) is -0.718. The Morgan fingerprint density at radius 2 is 1.68 bits per heavy atom. The van der Waals surface area contributed by atoms with E-state index in [1.165, 1.54) is 4.90 Å². The molecule has 1 aliphatic rings. The second-order valence-electron chi connectivity index (χ2n) is 7.89. The van der Waals surface area contributed by atoms with E-state index in [4.69, 9.17) is 0 Å². The highest BCUT2D eigenvalue weighted by atomic mass is 16.3. The number of amides is 1. The molecule has 1 aromatic carbocycles. The van der Waals surface area contributed by atoms with Crippen molar-refractivity contribution < 1.29 is 14.7 Å². The predicted molar refractivity (Wildman–Crippen MR) is 109 cm³/mol. The van der Waals surface area contributed by atoms with Gasteiger partial charge in [0.1, 0.15) is 0 Å². The molecule has 0 aliphatic carbocycles. The van der Waals surface area contributed by atoms with Gasteiger partial charge in [-0.3, -0.25) is 19.5 Å². The molecule has 1 N–H and O–H groups in total. The molecule has 2 aromatic rings. The quantitative estimate of drug-likeness (QED) is 0.789. The van der Waals surface area contributed by atoms with E-state index in [2.05, 4.69) is 18.8 Å². The lowest BCUT2D eigenvalue weighted by Crippen LogP contribution is -2.31. The molecular formula is C23H26N2O3. The number of aromatic nitrogens is 1. The number of hydrogen-bond acceptors (Lipinski definition) is 4. The molecule has 1 aliphatic heterocycles. The van der Waals surface area contributed by atoms with Gasteiger partial charge < -0.3 is 5.11 Å². The number of aliphatic hydroxyl groups is 1. The summed E-state index contributed by atoms with van der Waals surface area (Å²) in [7, 11) is 0. The van der Waals surface area contributed by atoms with Crippen molar-refractivity contribution in [3.8, 4) is 0 Å². The number of ketones is 1. The Labute approximate surface area is 165 Å². The molecule has 5 nitrogen and oxygen atoms in total. The summed E-state index contributed by atoms with van der Waals surface area (Å²) in [4.78, 5) is 31.4. The average molecular weight is 378 g/mol. The van der Waals surface area contributed by atoms with E-state index < -0.39 is 17.7 Å². The Hall–Kier alpha value is -2.95. The molecule has 1 atom stereocenters. The maximum absolute atomic E-state index is 13.0. The van der Waals surface area contributed by atoms with Crippen LogP contribution in [0.5, 0.6) is 0 Å². The smallest absolute Gasteiger partial charge is 0.294 e. The van der Waals surface area contributed by atoms with Gasteiger partial charge in [-0.25, -0.2) is 0 Å². The molecule has 28 heavy (non-hydrogen) atoms. The lowest BCUT2D eigenvalue weighted by atomic mass is 9.92. The van der Waals surface area contributed by atoms with Crippen LogP contribution >= 0.6 is 0 Å². The fraction of sp³-hybridized carbons (Fsp3) is 0.348. The lowest BCUT2D eigenvalue weighted by molar-refractivity contribution is -0.118. The van der Waals surface area contributed by atoms with Crippen LogP contribution in [0.4, 0.5) is 5.69 Å². The normalized spacial score (nSPS) is 17.1. The van der Waals surface area contributed by atoms with E-state index >= 15 is 0 Å². The van der Waals surface area contributed by atoms with E-state index in [9.17, 15) is 14.7 Å². The summed E-state index contributed by atoms with van der Waals surface area (Å²) in [6.07, 6.45) is 3.52. The van der Waals surface area contributed by atoms with Crippen LogP contribution in [0.1, 0.15) is 57.2 Å². The molecule has 0 saturated carbocycles. The molecule has 0 radical (unpaired) electrons. The molecular weight excluding hydrogens is 352 g/mol. The van der Waals surface area contributed by atoms with Crippen LogP contribution in [-0.2, 0) is 9.59 Å². The third-order valence-corrected chi connectivity index (χ3v) is 4.96. The highest BCUT2D eigenvalue weighted by Gasteiger charge is 2.44. The maximum Gasteiger partial charge on any atom is 0.294 e. The topological polar surface area (TPSA) is 70.5 Å². The van der Waals surface area contributed by atoms with Gasteiger partial charge in [-0.2, -0.15) is 0 Å². The predicted octanol–water partition coefficient (Wildman–Crippen LogP) is 4.72. The second-order valence-corrected chi connectivity index (χ2v) is 7.89. The highest BCUT2D eigenvalue weighted by molar-refractivity contribution is 6.16. The van der Waals surface area contributed by atoms with Gasteiger partial charge >= 0.3 is 0 Å². The van der Waals surface area contributed by atoms with Gasteiger partial charge in [0, 0.05) is 24.5 Å². The van der Waals surface area contributed by atoms with Gasteiger partial charge in [0.2, 0.25) is 0 Å². The van der Waals surface area contributed by atoms with Crippen molar-refractivity contribution in [3.63, 3.8) is 0 Å². The van der Waals surface area contributed by atoms with Crippen LogP contribution in [0.15, 0.2) is 60.1 Å². The van der Waals surface area contributed by atoms with Crippen LogP contribution in [0.25, 0.3) is 0 Å². The molecule has 1 amide bonds. The molecule has 5 heteroatoms. The molecule has 0 saturated heterocycles. The Morgan fingerprint density at radius 1 is 1.07 bits per heavy atom. The first-order valence-electron chi connectivity index (χ1n) is 9.61. The van der Waals surface area contributed by atoms with Gasteiger partial charge in [-0.15, -0.1) is 0 Å². The minimum atomic E-state index is -0.661. The van der Waals surface area contributed by atoms with Crippen LogP contribution in [0.2, 0.25) is 0 Å². The molecule has 0 spiro atoms. The Kier molecular flexibility index (Phi) is 5.63. The van der Waals surface area contributed by atoms with Gasteiger partial charge in [0.05, 0.1) is 11.6 Å². The molecule has 2 heterocycles. The van der Waals surface area contributed by atoms with Crippen molar-refractivity contribution >= 4 is 17.4 Å². The Morgan fingerprint density at radius 3 is 2.21 bits per heavy atom. The van der Waals surface area contributed by atoms with Crippen molar-refractivity contribution in [2.75, 3.05) is 4.90 Å². The van der Waals surface area contributed by atoms with Gasteiger partial charge in [-0.05, 0) is 47.2 Å². The zero-order chi connectivity index (χ0) is 20.4. The number of hydrogen-bond donors (Lipinski definition) is 1. The van der Waals surface area contributed by atoms with Gasteiger partial charge in [-0.1, -0.05) is 39.8 Å². The monoisotopic (exact) mass is 378 g/mol. The Bertz CT molecular complexity index is 899. The zero-order valence-electron chi connectivity index (χ0n) is 16.7. The van der Waals surface area contributed by atoms with Gasteiger partial charge in [0.25, 0.3) is 5.91 Å². The molecule has 0 fully saturated rings. The summed E-state index contributed by atoms with van der Waals surface area (Å²) in [5.41, 5.74) is 2.71. The van der Waals surface area contributed by atoms with E-state index in [1.54, 1.807) is 24.5 Å². The van der Waals surface area contributed by atoms with Crippen molar-refractivity contribution in [2.45, 2.75) is 46.1 Å². The number of carbonyl (C=O) groups excluding carboxylic acids is 2. The van der Waals surface area contributed by atoms with E-state index in [1.807, 2.05) is 38.1 Å². The number of carbonyl (C=O) groups is 2. The number of benzene rings is 1. The SMILES string of the molecule is CC(C)CC(=O)C1=C(O)C(=O)N(c2ccc(C(C)C)cc2)C1c1ccncc1. The summed E-state index contributed by atoms with van der Waals surface area (Å²) in [6.45, 7) is 8.09. The lowest BCUT2D eigenvalue weighted by Gasteiger charge is -2.27. The number of anilines is 1. The highest BCUT2D eigenvalue weighted by Crippen LogP contribution is 2.41. The van der Waals surface area contributed by atoms with E-state index in [-0.39, 0.29) is 23.7 Å². The van der Waals surface area contributed by atoms with Crippen molar-refractivity contribution in [3.05, 3.63) is 71.3 Å². The number of rotatable bonds is 6. The molecule has 0 bridgehead atoms. The maximum atomic E-state index is 13.0. The van der Waals surface area contributed by atoms with Crippen LogP contribution in [0.3, 0.4) is 0 Å². The van der Waals surface area contributed by atoms with Crippen LogP contribution in [-0.4, -0.2) is 21.8 Å². The third kappa shape index (κ3) is 3.70. The van der Waals surface area contributed by atoms with E-state index in [0.717, 1.165) is 11.1 Å².